The van der Waals surface area contributed by atoms with E-state index in [-0.39, 0.29) is 18.2 Å². The first kappa shape index (κ1) is 13.2. The summed E-state index contributed by atoms with van der Waals surface area (Å²) in [5.41, 5.74) is -1.53. The third kappa shape index (κ3) is 1.86. The SMILES string of the molecule is COc1ccc(C2(C(F)(F)F)CN2C(C)C)cc1. The lowest BCUT2D eigenvalue weighted by molar-refractivity contribution is -0.175. The summed E-state index contributed by atoms with van der Waals surface area (Å²) in [7, 11) is 1.49. The highest BCUT2D eigenvalue weighted by Crippen LogP contribution is 2.55. The van der Waals surface area contributed by atoms with Gasteiger partial charge in [-0.3, -0.25) is 4.90 Å². The van der Waals surface area contributed by atoms with Crippen LogP contribution < -0.4 is 4.74 Å². The molecule has 2 rings (SSSR count). The lowest BCUT2D eigenvalue weighted by Gasteiger charge is -2.23. The van der Waals surface area contributed by atoms with E-state index in [4.69, 9.17) is 4.74 Å². The molecule has 1 saturated heterocycles. The molecule has 2 unspecified atom stereocenters. The Bertz CT molecular complexity index is 427. The van der Waals surface area contributed by atoms with E-state index in [1.54, 1.807) is 26.0 Å². The summed E-state index contributed by atoms with van der Waals surface area (Å²) in [6.45, 7) is 3.58. The average molecular weight is 259 g/mol. The third-order valence-corrected chi connectivity index (χ3v) is 3.45. The van der Waals surface area contributed by atoms with Crippen molar-refractivity contribution in [2.75, 3.05) is 13.7 Å². The van der Waals surface area contributed by atoms with Gasteiger partial charge in [0.25, 0.3) is 0 Å². The van der Waals surface area contributed by atoms with Gasteiger partial charge in [-0.15, -0.1) is 0 Å². The number of halogens is 3. The van der Waals surface area contributed by atoms with Crippen molar-refractivity contribution < 1.29 is 17.9 Å². The summed E-state index contributed by atoms with van der Waals surface area (Å²) < 4.78 is 44.9. The van der Waals surface area contributed by atoms with Crippen LogP contribution in [-0.4, -0.2) is 30.8 Å². The van der Waals surface area contributed by atoms with Crippen molar-refractivity contribution in [1.29, 1.82) is 0 Å². The number of methoxy groups -OCH3 is 1. The van der Waals surface area contributed by atoms with Gasteiger partial charge in [-0.2, -0.15) is 13.2 Å². The van der Waals surface area contributed by atoms with Crippen molar-refractivity contribution in [1.82, 2.24) is 4.90 Å². The minimum atomic E-state index is -4.26. The first-order chi connectivity index (χ1) is 8.33. The predicted octanol–water partition coefficient (Wildman–Crippen LogP) is 3.18. The van der Waals surface area contributed by atoms with E-state index < -0.39 is 11.7 Å². The Balaban J connectivity index is 2.37. The Labute approximate surface area is 104 Å². The first-order valence-corrected chi connectivity index (χ1v) is 5.81. The second-order valence-electron chi connectivity index (χ2n) is 4.81. The Morgan fingerprint density at radius 1 is 1.22 bits per heavy atom. The average Bonchev–Trinajstić information content (AvgIpc) is 3.05. The standard InChI is InChI=1S/C13H16F3NO/c1-9(2)17-8-12(17,13(14,15)16)10-4-6-11(18-3)7-5-10/h4-7,9H,8H2,1-3H3. The van der Waals surface area contributed by atoms with E-state index in [0.717, 1.165) is 0 Å². The normalized spacial score (nSPS) is 27.4. The van der Waals surface area contributed by atoms with E-state index in [1.807, 2.05) is 0 Å². The molecule has 2 nitrogen and oxygen atoms in total. The summed E-state index contributed by atoms with van der Waals surface area (Å²) in [6, 6.07) is 6.00. The minimum Gasteiger partial charge on any atom is -0.497 e. The molecule has 1 aliphatic heterocycles. The van der Waals surface area contributed by atoms with Gasteiger partial charge in [0.05, 0.1) is 7.11 Å². The number of alkyl halides is 3. The lowest BCUT2D eigenvalue weighted by atomic mass is 9.98. The molecule has 0 amide bonds. The van der Waals surface area contributed by atoms with Crippen molar-refractivity contribution >= 4 is 0 Å². The molecule has 1 aromatic carbocycles. The maximum atomic E-state index is 13.3. The van der Waals surface area contributed by atoms with Gasteiger partial charge in [-0.25, -0.2) is 0 Å². The lowest BCUT2D eigenvalue weighted by Crippen LogP contribution is -2.36. The van der Waals surface area contributed by atoms with Gasteiger partial charge in [-0.05, 0) is 31.5 Å². The summed E-state index contributed by atoms with van der Waals surface area (Å²) in [6.07, 6.45) is -4.26. The molecular weight excluding hydrogens is 243 g/mol. The summed E-state index contributed by atoms with van der Waals surface area (Å²) in [5.74, 6) is 0.563. The van der Waals surface area contributed by atoms with Gasteiger partial charge in [0.2, 0.25) is 0 Å². The molecule has 5 heteroatoms. The number of benzene rings is 1. The van der Waals surface area contributed by atoms with E-state index in [2.05, 4.69) is 0 Å². The van der Waals surface area contributed by atoms with Gasteiger partial charge < -0.3 is 4.74 Å². The van der Waals surface area contributed by atoms with Crippen molar-refractivity contribution in [2.45, 2.75) is 31.6 Å². The number of hydrogen-bond donors (Lipinski definition) is 0. The van der Waals surface area contributed by atoms with E-state index in [9.17, 15) is 13.2 Å². The highest BCUT2D eigenvalue weighted by molar-refractivity contribution is 5.38. The van der Waals surface area contributed by atoms with Gasteiger partial charge in [-0.1, -0.05) is 12.1 Å². The molecule has 1 aromatic rings. The molecule has 0 radical (unpaired) electrons. The monoisotopic (exact) mass is 259 g/mol. The van der Waals surface area contributed by atoms with E-state index >= 15 is 0 Å². The third-order valence-electron chi connectivity index (χ3n) is 3.45. The van der Waals surface area contributed by atoms with Crippen molar-refractivity contribution in [3.8, 4) is 5.75 Å². The quantitative estimate of drug-likeness (QED) is 0.773. The highest BCUT2D eigenvalue weighted by Gasteiger charge is 2.71. The number of hydrogen-bond acceptors (Lipinski definition) is 2. The molecule has 1 aliphatic rings. The number of ether oxygens (including phenoxy) is 1. The fraction of sp³-hybridized carbons (Fsp3) is 0.538. The van der Waals surface area contributed by atoms with Crippen LogP contribution in [0.5, 0.6) is 5.75 Å². The summed E-state index contributed by atoms with van der Waals surface area (Å²) >= 11 is 0. The largest absolute Gasteiger partial charge is 0.497 e. The van der Waals surface area contributed by atoms with Crippen molar-refractivity contribution in [2.24, 2.45) is 0 Å². The van der Waals surface area contributed by atoms with Crippen LogP contribution >= 0.6 is 0 Å². The molecule has 0 aromatic heterocycles. The highest BCUT2D eigenvalue weighted by atomic mass is 19.4. The van der Waals surface area contributed by atoms with Crippen LogP contribution in [0.25, 0.3) is 0 Å². The smallest absolute Gasteiger partial charge is 0.412 e. The van der Waals surface area contributed by atoms with Crippen molar-refractivity contribution in [3.05, 3.63) is 29.8 Å². The van der Waals surface area contributed by atoms with Gasteiger partial charge in [0, 0.05) is 12.6 Å². The zero-order valence-electron chi connectivity index (χ0n) is 10.6. The Morgan fingerprint density at radius 2 is 1.78 bits per heavy atom. The fourth-order valence-electron chi connectivity index (χ4n) is 2.37. The Kier molecular flexibility index (Phi) is 3.05. The molecule has 0 N–H and O–H groups in total. The number of nitrogens with zero attached hydrogens (tertiary/aromatic N) is 1. The first-order valence-electron chi connectivity index (χ1n) is 5.81. The Hall–Kier alpha value is -1.23. The second-order valence-corrected chi connectivity index (χ2v) is 4.81. The molecule has 0 spiro atoms. The van der Waals surface area contributed by atoms with Gasteiger partial charge in [0.1, 0.15) is 5.75 Å². The molecule has 0 saturated carbocycles. The van der Waals surface area contributed by atoms with E-state index in [0.29, 0.717) is 5.75 Å². The summed E-state index contributed by atoms with van der Waals surface area (Å²) in [5, 5.41) is 0. The van der Waals surface area contributed by atoms with Gasteiger partial charge >= 0.3 is 6.18 Å². The predicted molar refractivity (Wildman–Crippen MR) is 62.6 cm³/mol. The van der Waals surface area contributed by atoms with Crippen LogP contribution in [0.3, 0.4) is 0 Å². The van der Waals surface area contributed by atoms with Gasteiger partial charge in [0.15, 0.2) is 5.54 Å². The van der Waals surface area contributed by atoms with Crippen LogP contribution in [0.2, 0.25) is 0 Å². The van der Waals surface area contributed by atoms with Crippen LogP contribution in [0.1, 0.15) is 19.4 Å². The summed E-state index contributed by atoms with van der Waals surface area (Å²) in [4.78, 5) is 1.45. The molecule has 0 aliphatic carbocycles. The molecule has 18 heavy (non-hydrogen) atoms. The molecule has 1 fully saturated rings. The fourth-order valence-corrected chi connectivity index (χ4v) is 2.37. The maximum absolute atomic E-state index is 13.3. The van der Waals surface area contributed by atoms with Crippen molar-refractivity contribution in [3.63, 3.8) is 0 Å². The topological polar surface area (TPSA) is 12.2 Å². The molecule has 0 bridgehead atoms. The zero-order chi connectivity index (χ0) is 13.6. The molecule has 2 atom stereocenters. The van der Waals surface area contributed by atoms with E-state index in [1.165, 1.54) is 24.1 Å². The Morgan fingerprint density at radius 3 is 2.11 bits per heavy atom. The molecular formula is C13H16F3NO. The van der Waals surface area contributed by atoms with Crippen LogP contribution in [0.15, 0.2) is 24.3 Å². The molecule has 1 heterocycles. The van der Waals surface area contributed by atoms with Crippen LogP contribution in [0, 0.1) is 0 Å². The zero-order valence-corrected chi connectivity index (χ0v) is 10.6. The number of rotatable bonds is 3. The minimum absolute atomic E-state index is 0.0283. The maximum Gasteiger partial charge on any atom is 0.412 e. The molecule has 100 valence electrons. The second kappa shape index (κ2) is 4.16. The van der Waals surface area contributed by atoms with Crippen LogP contribution in [0.4, 0.5) is 13.2 Å². The van der Waals surface area contributed by atoms with Crippen LogP contribution in [-0.2, 0) is 5.54 Å².